The maximum Gasteiger partial charge on any atom is 0.248 e. The van der Waals surface area contributed by atoms with Crippen LogP contribution in [0, 0.1) is 5.82 Å². The number of carbonyl (C=O) groups is 1. The standard InChI is InChI=1S/C15H12ClFN2O/c16-11-4-7-13(17)14(9-11)19-15(20)8-3-10-1-5-12(18)6-2-10/h1-9H,18H2,(H,19,20)/b8-3+. The van der Waals surface area contributed by atoms with Crippen molar-refractivity contribution in [3.05, 3.63) is 64.9 Å². The van der Waals surface area contributed by atoms with Crippen LogP contribution < -0.4 is 11.1 Å². The first-order valence-corrected chi connectivity index (χ1v) is 6.22. The van der Waals surface area contributed by atoms with Crippen molar-refractivity contribution in [2.75, 3.05) is 11.1 Å². The van der Waals surface area contributed by atoms with E-state index < -0.39 is 11.7 Å². The van der Waals surface area contributed by atoms with Crippen LogP contribution in [0.4, 0.5) is 15.8 Å². The second kappa shape index (κ2) is 6.21. The van der Waals surface area contributed by atoms with Crippen LogP contribution in [0.15, 0.2) is 48.5 Å². The number of nitrogens with one attached hydrogen (secondary N) is 1. The lowest BCUT2D eigenvalue weighted by atomic mass is 10.2. The largest absolute Gasteiger partial charge is 0.399 e. The van der Waals surface area contributed by atoms with Gasteiger partial charge in [-0.05, 0) is 42.0 Å². The number of amides is 1. The molecule has 0 aliphatic carbocycles. The van der Waals surface area contributed by atoms with Gasteiger partial charge in [-0.15, -0.1) is 0 Å². The van der Waals surface area contributed by atoms with Gasteiger partial charge in [-0.25, -0.2) is 4.39 Å². The molecule has 5 heteroatoms. The molecule has 0 unspecified atom stereocenters. The van der Waals surface area contributed by atoms with Crippen molar-refractivity contribution in [2.45, 2.75) is 0 Å². The van der Waals surface area contributed by atoms with Gasteiger partial charge in [-0.3, -0.25) is 4.79 Å². The fourth-order valence-electron chi connectivity index (χ4n) is 1.55. The van der Waals surface area contributed by atoms with Crippen LogP contribution in [0.3, 0.4) is 0 Å². The molecule has 0 saturated heterocycles. The normalized spacial score (nSPS) is 10.7. The number of benzene rings is 2. The predicted molar refractivity (Wildman–Crippen MR) is 79.9 cm³/mol. The number of nitrogen functional groups attached to an aromatic ring is 1. The summed E-state index contributed by atoms with van der Waals surface area (Å²) >= 11 is 5.74. The predicted octanol–water partition coefficient (Wildman–Crippen LogP) is 3.71. The molecule has 0 bridgehead atoms. The smallest absolute Gasteiger partial charge is 0.248 e. The highest BCUT2D eigenvalue weighted by atomic mass is 35.5. The molecule has 0 spiro atoms. The van der Waals surface area contributed by atoms with E-state index in [1.165, 1.54) is 24.3 Å². The van der Waals surface area contributed by atoms with Crippen molar-refractivity contribution >= 4 is 35.0 Å². The third kappa shape index (κ3) is 3.83. The molecule has 3 N–H and O–H groups in total. The van der Waals surface area contributed by atoms with Gasteiger partial charge in [-0.2, -0.15) is 0 Å². The number of hydrogen-bond donors (Lipinski definition) is 2. The molecule has 2 aromatic carbocycles. The fraction of sp³-hybridized carbons (Fsp3) is 0. The summed E-state index contributed by atoms with van der Waals surface area (Å²) < 4.78 is 13.4. The summed E-state index contributed by atoms with van der Waals surface area (Å²) in [4.78, 5) is 11.7. The molecule has 0 radical (unpaired) electrons. The van der Waals surface area contributed by atoms with Crippen molar-refractivity contribution in [1.82, 2.24) is 0 Å². The summed E-state index contributed by atoms with van der Waals surface area (Å²) in [5.41, 5.74) is 7.07. The Morgan fingerprint density at radius 2 is 1.90 bits per heavy atom. The number of hydrogen-bond acceptors (Lipinski definition) is 2. The molecular weight excluding hydrogens is 279 g/mol. The highest BCUT2D eigenvalue weighted by Gasteiger charge is 2.05. The molecule has 0 atom stereocenters. The summed E-state index contributed by atoms with van der Waals surface area (Å²) in [5, 5.41) is 2.77. The summed E-state index contributed by atoms with van der Waals surface area (Å²) in [6.45, 7) is 0. The number of nitrogens with two attached hydrogens (primary N) is 1. The van der Waals surface area contributed by atoms with Gasteiger partial charge in [0.1, 0.15) is 5.82 Å². The number of halogens is 2. The average Bonchev–Trinajstić information content (AvgIpc) is 2.42. The van der Waals surface area contributed by atoms with E-state index in [0.29, 0.717) is 10.7 Å². The highest BCUT2D eigenvalue weighted by Crippen LogP contribution is 2.19. The molecule has 0 aliphatic heterocycles. The summed E-state index contributed by atoms with van der Waals surface area (Å²) in [7, 11) is 0. The van der Waals surface area contributed by atoms with E-state index in [1.807, 2.05) is 0 Å². The minimum atomic E-state index is -0.538. The molecule has 1 amide bonds. The lowest BCUT2D eigenvalue weighted by Gasteiger charge is -2.04. The maximum atomic E-state index is 13.4. The van der Waals surface area contributed by atoms with Gasteiger partial charge in [0.25, 0.3) is 0 Å². The first-order chi connectivity index (χ1) is 9.54. The second-order valence-electron chi connectivity index (χ2n) is 4.11. The van der Waals surface area contributed by atoms with Gasteiger partial charge in [0, 0.05) is 16.8 Å². The number of anilines is 2. The Labute approximate surface area is 120 Å². The molecule has 2 aromatic rings. The van der Waals surface area contributed by atoms with E-state index in [4.69, 9.17) is 17.3 Å². The molecule has 0 aliphatic rings. The maximum absolute atomic E-state index is 13.4. The number of rotatable bonds is 3. The lowest BCUT2D eigenvalue weighted by Crippen LogP contribution is -2.09. The quantitative estimate of drug-likeness (QED) is 0.669. The Balaban J connectivity index is 2.05. The van der Waals surface area contributed by atoms with Crippen molar-refractivity contribution < 1.29 is 9.18 Å². The first-order valence-electron chi connectivity index (χ1n) is 5.84. The van der Waals surface area contributed by atoms with Crippen LogP contribution in [0.2, 0.25) is 5.02 Å². The Kier molecular flexibility index (Phi) is 4.38. The van der Waals surface area contributed by atoms with Gasteiger partial charge < -0.3 is 11.1 Å². The lowest BCUT2D eigenvalue weighted by molar-refractivity contribution is -0.111. The zero-order chi connectivity index (χ0) is 14.5. The van der Waals surface area contributed by atoms with Gasteiger partial charge in [0.15, 0.2) is 0 Å². The van der Waals surface area contributed by atoms with Crippen molar-refractivity contribution in [3.63, 3.8) is 0 Å². The molecule has 20 heavy (non-hydrogen) atoms. The van der Waals surface area contributed by atoms with Crippen molar-refractivity contribution in [1.29, 1.82) is 0 Å². The van der Waals surface area contributed by atoms with Gasteiger partial charge in [0.05, 0.1) is 5.69 Å². The molecule has 2 rings (SSSR count). The molecule has 0 fully saturated rings. The molecule has 0 heterocycles. The van der Waals surface area contributed by atoms with E-state index in [0.717, 1.165) is 5.56 Å². The van der Waals surface area contributed by atoms with E-state index in [2.05, 4.69) is 5.32 Å². The van der Waals surface area contributed by atoms with Crippen LogP contribution in [0.25, 0.3) is 6.08 Å². The molecule has 3 nitrogen and oxygen atoms in total. The van der Waals surface area contributed by atoms with Crippen molar-refractivity contribution in [3.8, 4) is 0 Å². The minimum Gasteiger partial charge on any atom is -0.399 e. The SMILES string of the molecule is Nc1ccc(/C=C/C(=O)Nc2cc(Cl)ccc2F)cc1. The minimum absolute atomic E-state index is 0.0458. The zero-order valence-corrected chi connectivity index (χ0v) is 11.2. The van der Waals surface area contributed by atoms with Crippen LogP contribution in [-0.4, -0.2) is 5.91 Å². The topological polar surface area (TPSA) is 55.1 Å². The summed E-state index contributed by atoms with van der Waals surface area (Å²) in [6.07, 6.45) is 2.92. The van der Waals surface area contributed by atoms with Gasteiger partial charge in [-0.1, -0.05) is 23.7 Å². The van der Waals surface area contributed by atoms with Gasteiger partial charge >= 0.3 is 0 Å². The summed E-state index contributed by atoms with van der Waals surface area (Å²) in [6, 6.07) is 11.0. The highest BCUT2D eigenvalue weighted by molar-refractivity contribution is 6.30. The Hall–Kier alpha value is -2.33. The van der Waals surface area contributed by atoms with Crippen LogP contribution >= 0.6 is 11.6 Å². The Bertz CT molecular complexity index is 653. The molecule has 102 valence electrons. The van der Waals surface area contributed by atoms with Crippen LogP contribution in [-0.2, 0) is 4.79 Å². The van der Waals surface area contributed by atoms with E-state index in [-0.39, 0.29) is 5.69 Å². The van der Waals surface area contributed by atoms with E-state index in [9.17, 15) is 9.18 Å². The zero-order valence-electron chi connectivity index (χ0n) is 10.4. The van der Waals surface area contributed by atoms with E-state index in [1.54, 1.807) is 30.3 Å². The third-order valence-corrected chi connectivity index (χ3v) is 2.78. The van der Waals surface area contributed by atoms with Crippen molar-refractivity contribution in [2.24, 2.45) is 0 Å². The van der Waals surface area contributed by atoms with E-state index >= 15 is 0 Å². The Morgan fingerprint density at radius 1 is 1.20 bits per heavy atom. The monoisotopic (exact) mass is 290 g/mol. The fourth-order valence-corrected chi connectivity index (χ4v) is 1.72. The first kappa shape index (κ1) is 14.1. The molecule has 0 saturated carbocycles. The Morgan fingerprint density at radius 3 is 2.60 bits per heavy atom. The number of carbonyl (C=O) groups excluding carboxylic acids is 1. The van der Waals surface area contributed by atoms with Crippen LogP contribution in [0.1, 0.15) is 5.56 Å². The molecule has 0 aromatic heterocycles. The second-order valence-corrected chi connectivity index (χ2v) is 4.55. The third-order valence-electron chi connectivity index (χ3n) is 2.55. The average molecular weight is 291 g/mol. The summed E-state index contributed by atoms with van der Waals surface area (Å²) in [5.74, 6) is -0.980. The van der Waals surface area contributed by atoms with Crippen LogP contribution in [0.5, 0.6) is 0 Å². The van der Waals surface area contributed by atoms with Gasteiger partial charge in [0.2, 0.25) is 5.91 Å². The molecular formula is C15H12ClFN2O.